The quantitative estimate of drug-likeness (QED) is 0.148. The molecule has 0 spiro atoms. The lowest BCUT2D eigenvalue weighted by molar-refractivity contribution is 0.0595. The number of benzene rings is 4. The number of nitrogens with one attached hydrogen (secondary N) is 1. The molecular weight excluding hydrogens is 890 g/mol. The first-order valence-corrected chi connectivity index (χ1v) is 19.7. The first kappa shape index (κ1) is 46.0. The molecule has 2 atom stereocenters. The molecule has 0 radical (unpaired) electrons. The van der Waals surface area contributed by atoms with E-state index < -0.39 is 23.5 Å². The van der Waals surface area contributed by atoms with E-state index in [1.807, 2.05) is 74.4 Å². The van der Waals surface area contributed by atoms with E-state index in [0.717, 1.165) is 27.0 Å². The van der Waals surface area contributed by atoms with Crippen LogP contribution in [-0.4, -0.2) is 122 Å². The normalized spacial score (nSPS) is 15.0. The third-order valence-electron chi connectivity index (χ3n) is 8.18. The standard InChI is InChI=1S/C20H22BrFN2O4.C12H16FNO3.C9H10BrNO2/c1-24(2)8-9-26-13-6-7-15(17(22)10-13)20(25)23-11-14-12-27-18-5-3-4-16(21)19(18)28-14;1-14(2)6-7-17-9-4-5-10(11(13)8-9)12(15)16-3;10-7-2-1-3-8-9(7)13-6(4-11)5-12-8/h3-7,10,14H,8-9,11-12H2,1-2H3,(H,23,25);4-5,8H,6-7H2,1-3H3;1-3,6H,4-5,11H2. The molecule has 4 aromatic carbocycles. The van der Waals surface area contributed by atoms with Gasteiger partial charge in [0.05, 0.1) is 33.7 Å². The number of amides is 1. The van der Waals surface area contributed by atoms with E-state index in [0.29, 0.717) is 62.5 Å². The van der Waals surface area contributed by atoms with Crippen molar-refractivity contribution in [1.82, 2.24) is 15.1 Å². The minimum atomic E-state index is -0.692. The number of para-hydroxylation sites is 2. The molecule has 2 heterocycles. The zero-order valence-corrected chi connectivity index (χ0v) is 36.1. The Morgan fingerprint density at radius 2 is 1.24 bits per heavy atom. The van der Waals surface area contributed by atoms with Crippen molar-refractivity contribution in [3.63, 3.8) is 0 Å². The van der Waals surface area contributed by atoms with Gasteiger partial charge in [0.2, 0.25) is 0 Å². The second-order valence-electron chi connectivity index (χ2n) is 13.3. The fraction of sp³-hybridized carbons (Fsp3) is 0.366. The number of methoxy groups -OCH3 is 1. The molecular formula is C41H48Br2F2N4O9. The van der Waals surface area contributed by atoms with Gasteiger partial charge in [0.15, 0.2) is 29.1 Å². The Morgan fingerprint density at radius 3 is 1.71 bits per heavy atom. The van der Waals surface area contributed by atoms with E-state index in [2.05, 4.69) is 41.9 Å². The van der Waals surface area contributed by atoms with Crippen molar-refractivity contribution >= 4 is 43.7 Å². The van der Waals surface area contributed by atoms with Gasteiger partial charge in [0, 0.05) is 31.8 Å². The lowest BCUT2D eigenvalue weighted by Gasteiger charge is -2.27. The van der Waals surface area contributed by atoms with Crippen LogP contribution in [0.3, 0.4) is 0 Å². The molecule has 13 nitrogen and oxygen atoms in total. The molecule has 0 aromatic heterocycles. The molecule has 2 aliphatic rings. The fourth-order valence-electron chi connectivity index (χ4n) is 5.04. The number of carbonyl (C=O) groups is 2. The van der Waals surface area contributed by atoms with E-state index in [1.54, 1.807) is 12.1 Å². The molecule has 6 rings (SSSR count). The summed E-state index contributed by atoms with van der Waals surface area (Å²) in [6.45, 7) is 3.84. The van der Waals surface area contributed by atoms with Crippen LogP contribution in [0.4, 0.5) is 8.78 Å². The van der Waals surface area contributed by atoms with Crippen LogP contribution in [0.2, 0.25) is 0 Å². The monoisotopic (exact) mass is 936 g/mol. The summed E-state index contributed by atoms with van der Waals surface area (Å²) in [5.74, 6) is 1.09. The molecule has 0 saturated heterocycles. The molecule has 17 heteroatoms. The molecule has 0 saturated carbocycles. The van der Waals surface area contributed by atoms with Crippen molar-refractivity contribution < 1.29 is 51.5 Å². The van der Waals surface area contributed by atoms with Crippen molar-refractivity contribution in [3.05, 3.63) is 105 Å². The molecule has 0 fully saturated rings. The third kappa shape index (κ3) is 14.0. The average Bonchev–Trinajstić information content (AvgIpc) is 3.20. The van der Waals surface area contributed by atoms with Gasteiger partial charge in [-0.1, -0.05) is 12.1 Å². The predicted molar refractivity (Wildman–Crippen MR) is 222 cm³/mol. The van der Waals surface area contributed by atoms with Crippen LogP contribution in [0.15, 0.2) is 81.7 Å². The number of hydrogen-bond acceptors (Lipinski definition) is 12. The van der Waals surface area contributed by atoms with Crippen LogP contribution in [0.5, 0.6) is 34.5 Å². The van der Waals surface area contributed by atoms with Crippen molar-refractivity contribution in [3.8, 4) is 34.5 Å². The summed E-state index contributed by atoms with van der Waals surface area (Å²) < 4.78 is 67.3. The average molecular weight is 939 g/mol. The van der Waals surface area contributed by atoms with Crippen molar-refractivity contribution in [2.45, 2.75) is 12.2 Å². The van der Waals surface area contributed by atoms with E-state index >= 15 is 0 Å². The number of hydrogen-bond donors (Lipinski definition) is 2. The molecule has 0 aliphatic carbocycles. The van der Waals surface area contributed by atoms with Gasteiger partial charge < -0.3 is 54.0 Å². The fourth-order valence-corrected chi connectivity index (χ4v) is 5.93. The predicted octanol–water partition coefficient (Wildman–Crippen LogP) is 6.20. The maximum atomic E-state index is 14.3. The van der Waals surface area contributed by atoms with E-state index in [9.17, 15) is 18.4 Å². The lowest BCUT2D eigenvalue weighted by atomic mass is 10.2. The Kier molecular flexibility index (Phi) is 18.3. The van der Waals surface area contributed by atoms with Gasteiger partial charge in [0.1, 0.15) is 55.7 Å². The van der Waals surface area contributed by atoms with Crippen molar-refractivity contribution in [2.75, 3.05) is 87.9 Å². The van der Waals surface area contributed by atoms with E-state index in [4.69, 9.17) is 34.2 Å². The number of likely N-dealkylation sites (N-methyl/N-ethyl adjacent to an activating group) is 2. The molecule has 2 unspecified atom stereocenters. The smallest absolute Gasteiger partial charge is 0.340 e. The lowest BCUT2D eigenvalue weighted by Crippen LogP contribution is -2.41. The maximum Gasteiger partial charge on any atom is 0.340 e. The second kappa shape index (κ2) is 23.0. The van der Waals surface area contributed by atoms with Crippen LogP contribution in [0.1, 0.15) is 20.7 Å². The van der Waals surface area contributed by atoms with E-state index in [1.165, 1.54) is 31.4 Å². The van der Waals surface area contributed by atoms with Gasteiger partial charge in [-0.3, -0.25) is 4.79 Å². The SMILES string of the molecule is CN(C)CCOc1ccc(C(=O)NCC2COc3cccc(Br)c3O2)c(F)c1.COC(=O)c1ccc(OCCN(C)C)cc1F.NCC1COc2cccc(Br)c2O1. The molecule has 4 aromatic rings. The first-order chi connectivity index (χ1) is 27.8. The third-order valence-corrected chi connectivity index (χ3v) is 9.43. The summed E-state index contributed by atoms with van der Waals surface area (Å²) in [5.41, 5.74) is 5.36. The topological polar surface area (TPSA) is 143 Å². The molecule has 1 amide bonds. The Bertz CT molecular complexity index is 1980. The number of esters is 1. The van der Waals surface area contributed by atoms with Gasteiger partial charge in [0.25, 0.3) is 5.91 Å². The molecule has 2 aliphatic heterocycles. The number of fused-ring (bicyclic) bond motifs is 2. The summed E-state index contributed by atoms with van der Waals surface area (Å²) in [7, 11) is 8.91. The van der Waals surface area contributed by atoms with Crippen LogP contribution >= 0.6 is 31.9 Å². The highest BCUT2D eigenvalue weighted by atomic mass is 79.9. The zero-order valence-electron chi connectivity index (χ0n) is 32.9. The van der Waals surface area contributed by atoms with Gasteiger partial charge in [-0.05, 0) is 109 Å². The van der Waals surface area contributed by atoms with Gasteiger partial charge in [-0.15, -0.1) is 0 Å². The number of rotatable bonds is 13. The largest absolute Gasteiger partial charge is 0.492 e. The van der Waals surface area contributed by atoms with E-state index in [-0.39, 0.29) is 29.9 Å². The Labute approximate surface area is 353 Å². The Morgan fingerprint density at radius 1 is 0.759 bits per heavy atom. The number of carbonyl (C=O) groups excluding carboxylic acids is 2. The van der Waals surface area contributed by atoms with Crippen LogP contribution < -0.4 is 39.5 Å². The molecule has 0 bridgehead atoms. The second-order valence-corrected chi connectivity index (χ2v) is 15.0. The van der Waals surface area contributed by atoms with Gasteiger partial charge in [-0.25, -0.2) is 13.6 Å². The van der Waals surface area contributed by atoms with Gasteiger partial charge in [-0.2, -0.15) is 0 Å². The van der Waals surface area contributed by atoms with Crippen molar-refractivity contribution in [1.29, 1.82) is 0 Å². The molecule has 58 heavy (non-hydrogen) atoms. The van der Waals surface area contributed by atoms with Crippen LogP contribution in [0, 0.1) is 11.6 Å². The number of nitrogens with zero attached hydrogens (tertiary/aromatic N) is 2. The molecule has 314 valence electrons. The van der Waals surface area contributed by atoms with Crippen LogP contribution in [-0.2, 0) is 4.74 Å². The highest BCUT2D eigenvalue weighted by molar-refractivity contribution is 9.11. The summed E-state index contributed by atoms with van der Waals surface area (Å²) >= 11 is 6.80. The van der Waals surface area contributed by atoms with Gasteiger partial charge >= 0.3 is 5.97 Å². The summed E-state index contributed by atoms with van der Waals surface area (Å²) in [4.78, 5) is 27.4. The maximum absolute atomic E-state index is 14.3. The van der Waals surface area contributed by atoms with Crippen molar-refractivity contribution in [2.24, 2.45) is 5.73 Å². The highest BCUT2D eigenvalue weighted by Gasteiger charge is 2.24. The number of nitrogens with two attached hydrogens (primary N) is 1. The zero-order chi connectivity index (χ0) is 42.2. The number of ether oxygens (including phenoxy) is 7. The minimum Gasteiger partial charge on any atom is -0.492 e. The first-order valence-electron chi connectivity index (χ1n) is 18.2. The summed E-state index contributed by atoms with van der Waals surface area (Å²) in [6.07, 6.45) is -0.405. The molecule has 3 N–H and O–H groups in total. The Balaban J connectivity index is 0.000000211. The Hall–Kier alpha value is -4.68. The summed E-state index contributed by atoms with van der Waals surface area (Å²) in [5, 5.41) is 2.69. The van der Waals surface area contributed by atoms with Crippen LogP contribution in [0.25, 0.3) is 0 Å². The minimum absolute atomic E-state index is 0.0359. The highest BCUT2D eigenvalue weighted by Crippen LogP contribution is 2.39. The number of halogens is 4. The summed E-state index contributed by atoms with van der Waals surface area (Å²) in [6, 6.07) is 19.5.